The molecule has 2 atom stereocenters. The summed E-state index contributed by atoms with van der Waals surface area (Å²) < 4.78 is 5.84. The molecule has 2 aromatic carbocycles. The minimum Gasteiger partial charge on any atom is -0.419 e. The highest BCUT2D eigenvalue weighted by atomic mass is 16.6. The molecule has 0 aliphatic heterocycles. The van der Waals surface area contributed by atoms with E-state index in [0.717, 1.165) is 12.8 Å². The highest BCUT2D eigenvalue weighted by molar-refractivity contribution is 5.55. The molecule has 0 aliphatic rings. The zero-order chi connectivity index (χ0) is 21.7. The molecular weight excluding hydrogens is 380 g/mol. The van der Waals surface area contributed by atoms with Gasteiger partial charge in [0.2, 0.25) is 11.8 Å². The van der Waals surface area contributed by atoms with Crippen LogP contribution in [0, 0.1) is 16.0 Å². The number of rotatable bonds is 9. The van der Waals surface area contributed by atoms with E-state index in [1.54, 1.807) is 12.1 Å². The summed E-state index contributed by atoms with van der Waals surface area (Å²) in [4.78, 5) is 10.4. The van der Waals surface area contributed by atoms with Gasteiger partial charge in [-0.05, 0) is 42.5 Å². The van der Waals surface area contributed by atoms with Crippen molar-refractivity contribution in [3.05, 3.63) is 75.7 Å². The number of nitrogens with zero attached hydrogens (tertiary/aromatic N) is 3. The van der Waals surface area contributed by atoms with Gasteiger partial charge in [0.25, 0.3) is 5.69 Å². The molecular formula is C23H28N4O3. The van der Waals surface area contributed by atoms with E-state index in [0.29, 0.717) is 23.3 Å². The summed E-state index contributed by atoms with van der Waals surface area (Å²) in [6.07, 6.45) is 2.22. The highest BCUT2D eigenvalue weighted by Crippen LogP contribution is 2.28. The molecule has 1 N–H and O–H groups in total. The van der Waals surface area contributed by atoms with Crippen LogP contribution >= 0.6 is 0 Å². The van der Waals surface area contributed by atoms with Crippen LogP contribution in [0.2, 0.25) is 0 Å². The minimum atomic E-state index is -0.435. The molecule has 0 unspecified atom stereocenters. The Labute approximate surface area is 176 Å². The number of nitro groups is 1. The predicted molar refractivity (Wildman–Crippen MR) is 116 cm³/mol. The molecule has 3 aromatic rings. The van der Waals surface area contributed by atoms with Gasteiger partial charge in [-0.2, -0.15) is 0 Å². The van der Waals surface area contributed by atoms with Gasteiger partial charge in [0.1, 0.15) is 0 Å². The second kappa shape index (κ2) is 9.63. The van der Waals surface area contributed by atoms with E-state index < -0.39 is 4.92 Å². The van der Waals surface area contributed by atoms with Crippen LogP contribution < -0.4 is 5.32 Å². The van der Waals surface area contributed by atoms with E-state index in [2.05, 4.69) is 60.6 Å². The summed E-state index contributed by atoms with van der Waals surface area (Å²) in [7, 11) is 0. The second-order valence-corrected chi connectivity index (χ2v) is 7.85. The fourth-order valence-corrected chi connectivity index (χ4v) is 3.45. The van der Waals surface area contributed by atoms with Crippen LogP contribution in [0.15, 0.2) is 52.9 Å². The minimum absolute atomic E-state index is 0.0262. The van der Waals surface area contributed by atoms with Gasteiger partial charge in [0.15, 0.2) is 0 Å². The van der Waals surface area contributed by atoms with Gasteiger partial charge in [-0.25, -0.2) is 0 Å². The molecule has 0 saturated heterocycles. The predicted octanol–water partition coefficient (Wildman–Crippen LogP) is 5.65. The first-order valence-electron chi connectivity index (χ1n) is 10.3. The maximum Gasteiger partial charge on any atom is 0.269 e. The van der Waals surface area contributed by atoms with Gasteiger partial charge in [-0.1, -0.05) is 51.5 Å². The molecule has 158 valence electrons. The molecule has 0 saturated carbocycles. The van der Waals surface area contributed by atoms with Gasteiger partial charge in [-0.15, -0.1) is 10.2 Å². The standard InChI is InChI=1S/C23H28N4O3/c1-5-6-17-7-9-18(10-8-17)21(15(2)3)24-16(4)22-25-26-23(30-22)19-11-13-20(14-12-19)27(28)29/h7-16,21,24H,5-6H2,1-4H3/t16-,21+/m1/s1. The van der Waals surface area contributed by atoms with E-state index in [-0.39, 0.29) is 17.8 Å². The number of nitrogens with one attached hydrogen (secondary N) is 1. The van der Waals surface area contributed by atoms with Gasteiger partial charge >= 0.3 is 0 Å². The van der Waals surface area contributed by atoms with Crippen LogP contribution in [-0.2, 0) is 6.42 Å². The van der Waals surface area contributed by atoms with Crippen LogP contribution in [0.1, 0.15) is 63.2 Å². The number of nitro benzene ring substituents is 1. The van der Waals surface area contributed by atoms with Crippen molar-refractivity contribution >= 4 is 5.69 Å². The van der Waals surface area contributed by atoms with Crippen molar-refractivity contribution in [1.82, 2.24) is 15.5 Å². The lowest BCUT2D eigenvalue weighted by Gasteiger charge is -2.25. The summed E-state index contributed by atoms with van der Waals surface area (Å²) in [6, 6.07) is 14.8. The quantitative estimate of drug-likeness (QED) is 0.363. The van der Waals surface area contributed by atoms with Gasteiger partial charge in [0.05, 0.1) is 11.0 Å². The summed E-state index contributed by atoms with van der Waals surface area (Å²) in [5.41, 5.74) is 3.25. The number of aryl methyl sites for hydroxylation is 1. The molecule has 1 aromatic heterocycles. The van der Waals surface area contributed by atoms with Crippen molar-refractivity contribution in [3.63, 3.8) is 0 Å². The molecule has 3 rings (SSSR count). The highest BCUT2D eigenvalue weighted by Gasteiger charge is 2.22. The monoisotopic (exact) mass is 408 g/mol. The third-order valence-corrected chi connectivity index (χ3v) is 5.11. The number of benzene rings is 2. The Morgan fingerprint density at radius 3 is 2.27 bits per heavy atom. The van der Waals surface area contributed by atoms with Crippen LogP contribution in [0.3, 0.4) is 0 Å². The lowest BCUT2D eigenvalue weighted by molar-refractivity contribution is -0.384. The van der Waals surface area contributed by atoms with E-state index in [4.69, 9.17) is 4.42 Å². The molecule has 1 heterocycles. The van der Waals surface area contributed by atoms with E-state index in [1.807, 2.05) is 6.92 Å². The molecule has 7 heteroatoms. The molecule has 0 spiro atoms. The largest absolute Gasteiger partial charge is 0.419 e. The molecule has 30 heavy (non-hydrogen) atoms. The fraction of sp³-hybridized carbons (Fsp3) is 0.391. The molecule has 0 bridgehead atoms. The smallest absolute Gasteiger partial charge is 0.269 e. The number of hydrogen-bond donors (Lipinski definition) is 1. The first-order valence-corrected chi connectivity index (χ1v) is 10.3. The molecule has 0 fully saturated rings. The number of aromatic nitrogens is 2. The Bertz CT molecular complexity index is 965. The summed E-state index contributed by atoms with van der Waals surface area (Å²) in [5.74, 6) is 1.21. The second-order valence-electron chi connectivity index (χ2n) is 7.85. The number of non-ortho nitro benzene ring substituents is 1. The van der Waals surface area contributed by atoms with Crippen molar-refractivity contribution in [2.45, 2.75) is 52.6 Å². The van der Waals surface area contributed by atoms with Crippen molar-refractivity contribution in [2.75, 3.05) is 0 Å². The first-order chi connectivity index (χ1) is 14.4. The van der Waals surface area contributed by atoms with Gasteiger partial charge < -0.3 is 4.42 Å². The lowest BCUT2D eigenvalue weighted by Crippen LogP contribution is -2.28. The lowest BCUT2D eigenvalue weighted by atomic mass is 9.94. The normalized spacial score (nSPS) is 13.4. The summed E-state index contributed by atoms with van der Waals surface area (Å²) >= 11 is 0. The van der Waals surface area contributed by atoms with Crippen LogP contribution in [0.5, 0.6) is 0 Å². The Morgan fingerprint density at radius 2 is 1.70 bits per heavy atom. The topological polar surface area (TPSA) is 94.1 Å². The van der Waals surface area contributed by atoms with Crippen LogP contribution in [0.4, 0.5) is 5.69 Å². The van der Waals surface area contributed by atoms with Crippen molar-refractivity contribution in [2.24, 2.45) is 5.92 Å². The average molecular weight is 409 g/mol. The summed E-state index contributed by atoms with van der Waals surface area (Å²) in [5, 5.41) is 22.7. The van der Waals surface area contributed by atoms with Crippen LogP contribution in [0.25, 0.3) is 11.5 Å². The van der Waals surface area contributed by atoms with Crippen molar-refractivity contribution in [1.29, 1.82) is 0 Å². The Balaban J connectivity index is 1.73. The van der Waals surface area contributed by atoms with Gasteiger partial charge in [0, 0.05) is 23.7 Å². The number of hydrogen-bond acceptors (Lipinski definition) is 6. The molecule has 0 aliphatic carbocycles. The third-order valence-electron chi connectivity index (χ3n) is 5.11. The molecule has 0 amide bonds. The van der Waals surface area contributed by atoms with Crippen LogP contribution in [-0.4, -0.2) is 15.1 Å². The third kappa shape index (κ3) is 5.10. The fourth-order valence-electron chi connectivity index (χ4n) is 3.45. The summed E-state index contributed by atoms with van der Waals surface area (Å²) in [6.45, 7) is 8.54. The zero-order valence-corrected chi connectivity index (χ0v) is 17.8. The van der Waals surface area contributed by atoms with E-state index >= 15 is 0 Å². The van der Waals surface area contributed by atoms with Gasteiger partial charge in [-0.3, -0.25) is 15.4 Å². The molecule has 7 nitrogen and oxygen atoms in total. The molecule has 0 radical (unpaired) electrons. The Kier molecular flexibility index (Phi) is 6.95. The van der Waals surface area contributed by atoms with Crippen molar-refractivity contribution in [3.8, 4) is 11.5 Å². The van der Waals surface area contributed by atoms with E-state index in [9.17, 15) is 10.1 Å². The Morgan fingerprint density at radius 1 is 1.03 bits per heavy atom. The zero-order valence-electron chi connectivity index (χ0n) is 17.8. The van der Waals surface area contributed by atoms with E-state index in [1.165, 1.54) is 23.3 Å². The maximum absolute atomic E-state index is 10.8. The Hall–Kier alpha value is -3.06. The first kappa shape index (κ1) is 21.6. The maximum atomic E-state index is 10.8. The SMILES string of the molecule is CCCc1ccc([C@@H](N[C@H](C)c2nnc(-c3ccc([N+](=O)[O-])cc3)o2)C(C)C)cc1. The average Bonchev–Trinajstić information content (AvgIpc) is 3.23. The van der Waals surface area contributed by atoms with Crippen molar-refractivity contribution < 1.29 is 9.34 Å².